The number of likely N-dealkylation sites (N-methyl/N-ethyl adjacent to an activating group) is 1. The van der Waals surface area contributed by atoms with Crippen LogP contribution in [0.1, 0.15) is 68.1 Å². The van der Waals surface area contributed by atoms with E-state index in [2.05, 4.69) is 17.2 Å². The molecule has 7 N–H and O–H groups in total. The summed E-state index contributed by atoms with van der Waals surface area (Å²) < 4.78 is 6.12. The van der Waals surface area contributed by atoms with Crippen molar-refractivity contribution >= 4 is 12.3 Å². The van der Waals surface area contributed by atoms with Crippen LogP contribution in [-0.2, 0) is 27.4 Å². The van der Waals surface area contributed by atoms with Gasteiger partial charge in [-0.05, 0) is 92.0 Å². The quantitative estimate of drug-likeness (QED) is 0.106. The molecule has 1 heterocycles. The van der Waals surface area contributed by atoms with Crippen LogP contribution in [0.2, 0.25) is 0 Å². The number of nitrogens with one attached hydrogen (secondary N) is 1. The summed E-state index contributed by atoms with van der Waals surface area (Å²) in [6.07, 6.45) is 5.27. The number of allylic oxidation sites excluding steroid dienone is 2. The summed E-state index contributed by atoms with van der Waals surface area (Å²) in [5.41, 5.74) is -5.08. The number of hydrogen-bond donors (Lipinski definition) is 7. The predicted octanol–water partition coefficient (Wildman–Crippen LogP) is 1.07. The fourth-order valence-corrected chi connectivity index (χ4v) is 13.7. The molecule has 5 saturated carbocycles. The molecule has 4 bridgehead atoms. The van der Waals surface area contributed by atoms with Crippen molar-refractivity contribution in [2.75, 3.05) is 7.05 Å². The molecule has 10 nitrogen and oxygen atoms in total. The first kappa shape index (κ1) is 33.0. The maximum absolute atomic E-state index is 13.6. The average molecular weight is 686 g/mol. The summed E-state index contributed by atoms with van der Waals surface area (Å²) >= 11 is 0. The number of benzene rings is 1. The Balaban J connectivity index is 1.27. The van der Waals surface area contributed by atoms with Gasteiger partial charge in [-0.3, -0.25) is 0 Å². The standard InChI is InChI=1S/C40H47NO9/c1-41-30-13-27-21(6-4-7-23(27)19-42)5-2-3-10-36-15-22-8-9-25-12-26(44)17-37(47)18-31(45)40(49,35(22)38(25,37)20-43)39(36,48)16-24-11-28(30)34-29(33(24)36)14-32(46)50-34/h4,6-9,14,20,22,24-26,28,30-31,33-35,41-42,44-45,47-49H,3,10-13,15-19H2,1H3/t22-,24+,25+,26-,28-,30+,31-,33+,34-,35+,36+,37-,38+,39+,40-/m0/s1. The maximum Gasteiger partial charge on any atom is 0.331 e. The van der Waals surface area contributed by atoms with Gasteiger partial charge in [-0.25, -0.2) is 4.79 Å². The minimum atomic E-state index is -2.18. The van der Waals surface area contributed by atoms with E-state index in [0.29, 0.717) is 32.1 Å². The molecule has 50 heavy (non-hydrogen) atoms. The molecule has 0 unspecified atom stereocenters. The van der Waals surface area contributed by atoms with Crippen LogP contribution in [0.15, 0.2) is 42.0 Å². The summed E-state index contributed by atoms with van der Waals surface area (Å²) in [7, 11) is 1.88. The van der Waals surface area contributed by atoms with E-state index < -0.39 is 69.7 Å². The van der Waals surface area contributed by atoms with Crippen molar-refractivity contribution in [1.29, 1.82) is 0 Å². The zero-order valence-electron chi connectivity index (χ0n) is 28.3. The molecule has 0 amide bonds. The summed E-state index contributed by atoms with van der Waals surface area (Å²) in [6, 6.07) is 5.55. The third kappa shape index (κ3) is 3.80. The number of carbonyl (C=O) groups is 2. The largest absolute Gasteiger partial charge is 0.454 e. The number of aldehydes is 1. The van der Waals surface area contributed by atoms with E-state index in [0.717, 1.165) is 28.5 Å². The summed E-state index contributed by atoms with van der Waals surface area (Å²) in [6.45, 7) is -0.134. The highest BCUT2D eigenvalue weighted by atomic mass is 16.5. The Labute approximate surface area is 291 Å². The second kappa shape index (κ2) is 10.8. The SMILES string of the molecule is CN[C@@H]1Cc2c(cccc2CO)C#CCC[C@]23C[C@@H]4C=C[C@@H]5C[C@H](O)C[C@]6(O)C[C@H](O)[C@](O)([C@H]4[C@@]56C=O)[C@@]2(O)C[C@H]2C[C@@H]1[C@@H]1OC(=O)C=C1[C@@H]23. The van der Waals surface area contributed by atoms with Gasteiger partial charge in [0.05, 0.1) is 29.8 Å². The number of carbonyl (C=O) groups excluding carboxylic acids is 2. The minimum absolute atomic E-state index is 0.0998. The molecule has 9 aliphatic rings. The highest BCUT2D eigenvalue weighted by Crippen LogP contribution is 2.78. The molecule has 1 aromatic rings. The van der Waals surface area contributed by atoms with Crippen LogP contribution < -0.4 is 5.32 Å². The average Bonchev–Trinajstić information content (AvgIpc) is 3.59. The number of aliphatic hydroxyl groups excluding tert-OH is 3. The smallest absolute Gasteiger partial charge is 0.331 e. The zero-order chi connectivity index (χ0) is 35.0. The van der Waals surface area contributed by atoms with E-state index in [1.165, 1.54) is 0 Å². The summed E-state index contributed by atoms with van der Waals surface area (Å²) in [4.78, 5) is 26.8. The van der Waals surface area contributed by atoms with E-state index in [1.807, 2.05) is 37.4 Å². The monoisotopic (exact) mass is 685 g/mol. The molecule has 1 aromatic carbocycles. The molecule has 1 aliphatic heterocycles. The lowest BCUT2D eigenvalue weighted by Gasteiger charge is -2.73. The van der Waals surface area contributed by atoms with Gasteiger partial charge < -0.3 is 45.5 Å². The van der Waals surface area contributed by atoms with Gasteiger partial charge in [0.1, 0.15) is 23.6 Å². The van der Waals surface area contributed by atoms with Crippen molar-refractivity contribution in [3.8, 4) is 11.8 Å². The molecule has 0 radical (unpaired) electrons. The molecular formula is C40H47NO9. The Kier molecular flexibility index (Phi) is 7.14. The summed E-state index contributed by atoms with van der Waals surface area (Å²) in [5, 5.41) is 76.1. The summed E-state index contributed by atoms with van der Waals surface area (Å²) in [5.74, 6) is 3.47. The molecule has 15 atom stereocenters. The third-order valence-corrected chi connectivity index (χ3v) is 15.3. The van der Waals surface area contributed by atoms with Crippen LogP contribution in [0.25, 0.3) is 0 Å². The van der Waals surface area contributed by atoms with Crippen molar-refractivity contribution in [2.24, 2.45) is 46.3 Å². The molecule has 0 aromatic heterocycles. The Morgan fingerprint density at radius 1 is 1.08 bits per heavy atom. The van der Waals surface area contributed by atoms with Crippen LogP contribution in [0, 0.1) is 58.2 Å². The van der Waals surface area contributed by atoms with Crippen molar-refractivity contribution in [1.82, 2.24) is 5.32 Å². The number of hydrogen-bond acceptors (Lipinski definition) is 10. The van der Waals surface area contributed by atoms with E-state index in [-0.39, 0.29) is 56.1 Å². The lowest BCUT2D eigenvalue weighted by molar-refractivity contribution is -0.364. The zero-order valence-corrected chi connectivity index (χ0v) is 28.3. The fourth-order valence-electron chi connectivity index (χ4n) is 13.7. The maximum atomic E-state index is 13.6. The van der Waals surface area contributed by atoms with Crippen molar-refractivity contribution < 1.29 is 45.0 Å². The second-order valence-electron chi connectivity index (χ2n) is 16.9. The van der Waals surface area contributed by atoms with Gasteiger partial charge in [-0.2, -0.15) is 0 Å². The normalized spacial score (nSPS) is 50.9. The van der Waals surface area contributed by atoms with Crippen LogP contribution in [-0.4, -0.2) is 91.1 Å². The first-order valence-corrected chi connectivity index (χ1v) is 18.4. The van der Waals surface area contributed by atoms with Crippen LogP contribution >= 0.6 is 0 Å². The molecule has 266 valence electrons. The Hall–Kier alpha value is -2.88. The van der Waals surface area contributed by atoms with E-state index >= 15 is 0 Å². The first-order valence-electron chi connectivity index (χ1n) is 18.4. The molecule has 0 saturated heterocycles. The lowest BCUT2D eigenvalue weighted by atomic mass is 9.33. The molecule has 1 spiro atoms. The van der Waals surface area contributed by atoms with Gasteiger partial charge in [-0.15, -0.1) is 0 Å². The van der Waals surface area contributed by atoms with E-state index in [1.54, 1.807) is 6.08 Å². The Bertz CT molecular complexity index is 1780. The number of rotatable bonds is 3. The number of aliphatic hydroxyl groups is 6. The molecular weight excluding hydrogens is 638 g/mol. The molecule has 5 fully saturated rings. The van der Waals surface area contributed by atoms with Gasteiger partial charge in [0.25, 0.3) is 0 Å². The van der Waals surface area contributed by atoms with Gasteiger partial charge in [-0.1, -0.05) is 36.1 Å². The Morgan fingerprint density at radius 2 is 1.90 bits per heavy atom. The van der Waals surface area contributed by atoms with Crippen molar-refractivity contribution in [3.05, 3.63) is 58.7 Å². The number of esters is 1. The highest BCUT2D eigenvalue weighted by Gasteiger charge is 2.85. The topological polar surface area (TPSA) is 177 Å². The van der Waals surface area contributed by atoms with Crippen molar-refractivity contribution in [2.45, 2.75) is 106 Å². The first-order chi connectivity index (χ1) is 23.9. The molecule has 10 rings (SSSR count). The van der Waals surface area contributed by atoms with Gasteiger partial charge in [0.15, 0.2) is 0 Å². The van der Waals surface area contributed by atoms with Crippen molar-refractivity contribution in [3.63, 3.8) is 0 Å². The van der Waals surface area contributed by atoms with Crippen LogP contribution in [0.5, 0.6) is 0 Å². The fraction of sp³-hybridized carbons (Fsp3) is 0.650. The molecule has 8 aliphatic carbocycles. The number of ether oxygens (including phenoxy) is 1. The molecule has 10 heteroatoms. The van der Waals surface area contributed by atoms with Gasteiger partial charge in [0, 0.05) is 54.2 Å². The van der Waals surface area contributed by atoms with Crippen LogP contribution in [0.4, 0.5) is 0 Å². The lowest BCUT2D eigenvalue weighted by Crippen LogP contribution is -2.84. The van der Waals surface area contributed by atoms with Gasteiger partial charge in [0.2, 0.25) is 0 Å². The predicted molar refractivity (Wildman–Crippen MR) is 179 cm³/mol. The van der Waals surface area contributed by atoms with E-state index in [9.17, 15) is 40.2 Å². The van der Waals surface area contributed by atoms with E-state index in [4.69, 9.17) is 4.74 Å². The highest BCUT2D eigenvalue weighted by molar-refractivity contribution is 5.86. The van der Waals surface area contributed by atoms with Crippen LogP contribution in [0.3, 0.4) is 0 Å². The van der Waals surface area contributed by atoms with Gasteiger partial charge >= 0.3 is 5.97 Å². The second-order valence-corrected chi connectivity index (χ2v) is 16.9. The minimum Gasteiger partial charge on any atom is -0.454 e. The Morgan fingerprint density at radius 3 is 2.66 bits per heavy atom. The number of fused-ring (bicyclic) bond motifs is 4. The third-order valence-electron chi connectivity index (χ3n) is 15.3.